The number of tetrazole rings is 1. The van der Waals surface area contributed by atoms with E-state index in [1.165, 1.54) is 25.7 Å². The van der Waals surface area contributed by atoms with Crippen LogP contribution in [0.25, 0.3) is 0 Å². The minimum atomic E-state index is -0.582. The third-order valence-corrected chi connectivity index (χ3v) is 10.4. The summed E-state index contributed by atoms with van der Waals surface area (Å²) in [7, 11) is 0. The first-order valence-electron chi connectivity index (χ1n) is 15.7. The Balaban J connectivity index is 1.35. The minimum Gasteiger partial charge on any atom is -0.345 e. The second-order valence-corrected chi connectivity index (χ2v) is 14.6. The lowest BCUT2D eigenvalue weighted by molar-refractivity contribution is -0.135. The van der Waals surface area contributed by atoms with E-state index in [2.05, 4.69) is 67.3 Å². The summed E-state index contributed by atoms with van der Waals surface area (Å²) < 4.78 is 0.980. The van der Waals surface area contributed by atoms with E-state index >= 15 is 0 Å². The molecule has 2 heterocycles. The Hall–Kier alpha value is -2.86. The Morgan fingerprint density at radius 1 is 1.11 bits per heavy atom. The molecule has 2 amide bonds. The number of carbonyl (C=O) groups excluding carboxylic acids is 2. The quantitative estimate of drug-likeness (QED) is 0.233. The maximum Gasteiger partial charge on any atom is 0.275 e. The van der Waals surface area contributed by atoms with E-state index < -0.39 is 5.66 Å². The first-order chi connectivity index (χ1) is 21.2. The van der Waals surface area contributed by atoms with Gasteiger partial charge in [-0.1, -0.05) is 68.5 Å². The topological polar surface area (TPSA) is 116 Å². The second-order valence-electron chi connectivity index (χ2n) is 12.9. The Bertz CT molecular complexity index is 1510. The number of amides is 2. The Morgan fingerprint density at radius 2 is 1.89 bits per heavy atom. The molecule has 232 valence electrons. The van der Waals surface area contributed by atoms with E-state index in [9.17, 15) is 9.59 Å². The molecule has 2 aliphatic carbocycles. The average molecular weight is 728 g/mol. The highest BCUT2D eigenvalue weighted by Crippen LogP contribution is 2.52. The molecule has 2 aromatic carbocycles. The Kier molecular flexibility index (Phi) is 9.37. The fourth-order valence-corrected chi connectivity index (χ4v) is 8.52. The number of nitrogens with zero attached hydrogens (tertiary/aromatic N) is 5. The van der Waals surface area contributed by atoms with E-state index in [0.29, 0.717) is 34.0 Å². The van der Waals surface area contributed by atoms with Gasteiger partial charge in [0.1, 0.15) is 11.4 Å². The van der Waals surface area contributed by atoms with Crippen LogP contribution < -0.4 is 5.32 Å². The smallest absolute Gasteiger partial charge is 0.275 e. The standard InChI is InChI=1S/C33H39ClIN7O2/c1-20(2)7-12-28(22-8-10-23(11-9-22)31(43)36-19-29-38-40-41-39-29)42-32(44)30(25-15-26(34)17-27(35)16-25)37-33(42)14-13-21-5-3-4-6-24(21)18-33/h8-11,15-17,20-21,24,28H,3-7,12-14,18-19H2,1-2H3,(H,36,43)(H,38,39,40,41)/t21?,24?,28-,33?/m1/s1. The second kappa shape index (κ2) is 13.2. The summed E-state index contributed by atoms with van der Waals surface area (Å²) in [6.45, 7) is 4.63. The predicted molar refractivity (Wildman–Crippen MR) is 178 cm³/mol. The first kappa shape index (κ1) is 31.1. The van der Waals surface area contributed by atoms with Crippen LogP contribution in [0.2, 0.25) is 5.02 Å². The summed E-state index contributed by atoms with van der Waals surface area (Å²) >= 11 is 8.74. The largest absolute Gasteiger partial charge is 0.345 e. The van der Waals surface area contributed by atoms with Crippen LogP contribution in [0.3, 0.4) is 0 Å². The highest BCUT2D eigenvalue weighted by atomic mass is 127. The van der Waals surface area contributed by atoms with Gasteiger partial charge in [0.15, 0.2) is 5.82 Å². The fourth-order valence-electron chi connectivity index (χ4n) is 7.43. The predicted octanol–water partition coefficient (Wildman–Crippen LogP) is 6.88. The summed E-state index contributed by atoms with van der Waals surface area (Å²) in [5.41, 5.74) is 2.29. The zero-order valence-electron chi connectivity index (χ0n) is 25.2. The van der Waals surface area contributed by atoms with Crippen LogP contribution in [-0.4, -0.2) is 48.7 Å². The molecule has 4 atom stereocenters. The zero-order chi connectivity index (χ0) is 30.8. The highest BCUT2D eigenvalue weighted by Gasteiger charge is 2.54. The van der Waals surface area contributed by atoms with Gasteiger partial charge in [0.2, 0.25) is 0 Å². The number of rotatable bonds is 9. The Labute approximate surface area is 277 Å². The van der Waals surface area contributed by atoms with Gasteiger partial charge in [-0.25, -0.2) is 0 Å². The minimum absolute atomic E-state index is 0.0204. The van der Waals surface area contributed by atoms with E-state index in [0.717, 1.165) is 52.7 Å². The SMILES string of the molecule is CC(C)CC[C@H](c1ccc(C(=O)NCc2nn[nH]n2)cc1)N1C(=O)C(c2cc(Cl)cc(I)c2)=NC12CCC1CCCCC1C2. The van der Waals surface area contributed by atoms with Gasteiger partial charge in [0.05, 0.1) is 12.6 Å². The summed E-state index contributed by atoms with van der Waals surface area (Å²) in [6.07, 6.45) is 9.69. The van der Waals surface area contributed by atoms with Crippen molar-refractivity contribution in [2.75, 3.05) is 0 Å². The number of carbonyl (C=O) groups is 2. The van der Waals surface area contributed by atoms with Crippen LogP contribution in [0, 0.1) is 21.3 Å². The van der Waals surface area contributed by atoms with E-state index in [1.807, 2.05) is 42.5 Å². The zero-order valence-corrected chi connectivity index (χ0v) is 28.1. The maximum atomic E-state index is 14.7. The average Bonchev–Trinajstić information content (AvgIpc) is 3.62. The number of benzene rings is 2. The molecule has 0 bridgehead atoms. The number of aromatic amines is 1. The van der Waals surface area contributed by atoms with Crippen molar-refractivity contribution in [3.63, 3.8) is 0 Å². The molecular weight excluding hydrogens is 689 g/mol. The lowest BCUT2D eigenvalue weighted by atomic mass is 9.67. The molecule has 0 saturated heterocycles. The number of hydrogen-bond acceptors (Lipinski definition) is 6. The van der Waals surface area contributed by atoms with Crippen molar-refractivity contribution in [1.82, 2.24) is 30.8 Å². The van der Waals surface area contributed by atoms with Crippen molar-refractivity contribution in [3.8, 4) is 0 Å². The van der Waals surface area contributed by atoms with Crippen LogP contribution in [0.5, 0.6) is 0 Å². The third kappa shape index (κ3) is 6.56. The van der Waals surface area contributed by atoms with E-state index in [4.69, 9.17) is 16.6 Å². The number of H-pyrrole nitrogens is 1. The number of fused-ring (bicyclic) bond motifs is 1. The summed E-state index contributed by atoms with van der Waals surface area (Å²) in [5.74, 6) is 1.95. The van der Waals surface area contributed by atoms with Crippen molar-refractivity contribution in [1.29, 1.82) is 0 Å². The van der Waals surface area contributed by atoms with Gasteiger partial charge in [-0.3, -0.25) is 14.6 Å². The molecule has 3 aromatic rings. The molecular formula is C33H39ClIN7O2. The van der Waals surface area contributed by atoms with Crippen LogP contribution in [0.1, 0.15) is 105 Å². The first-order valence-corrected chi connectivity index (χ1v) is 17.2. The van der Waals surface area contributed by atoms with Gasteiger partial charge in [-0.2, -0.15) is 5.21 Å². The molecule has 1 spiro atoms. The van der Waals surface area contributed by atoms with Crippen molar-refractivity contribution in [3.05, 3.63) is 73.6 Å². The third-order valence-electron chi connectivity index (χ3n) is 9.58. The molecule has 3 aliphatic rings. The summed E-state index contributed by atoms with van der Waals surface area (Å²) in [6, 6.07) is 13.3. The summed E-state index contributed by atoms with van der Waals surface area (Å²) in [4.78, 5) is 35.1. The molecule has 2 N–H and O–H groups in total. The lowest BCUT2D eigenvalue weighted by Gasteiger charge is -2.49. The van der Waals surface area contributed by atoms with Crippen molar-refractivity contribution in [2.24, 2.45) is 22.7 Å². The van der Waals surface area contributed by atoms with E-state index in [-0.39, 0.29) is 24.4 Å². The molecule has 2 fully saturated rings. The number of halogens is 2. The number of aliphatic imine (C=N–C) groups is 1. The van der Waals surface area contributed by atoms with Crippen LogP contribution in [0.15, 0.2) is 47.5 Å². The lowest BCUT2D eigenvalue weighted by Crippen LogP contribution is -2.53. The fraction of sp³-hybridized carbons (Fsp3) is 0.515. The van der Waals surface area contributed by atoms with Gasteiger partial charge in [-0.15, -0.1) is 10.2 Å². The van der Waals surface area contributed by atoms with Crippen molar-refractivity contribution in [2.45, 2.75) is 89.9 Å². The van der Waals surface area contributed by atoms with E-state index in [1.54, 1.807) is 0 Å². The molecule has 44 heavy (non-hydrogen) atoms. The van der Waals surface area contributed by atoms with Gasteiger partial charge < -0.3 is 10.2 Å². The van der Waals surface area contributed by atoms with Crippen LogP contribution in [-0.2, 0) is 11.3 Å². The molecule has 2 saturated carbocycles. The van der Waals surface area contributed by atoms with Crippen LogP contribution in [0.4, 0.5) is 0 Å². The normalized spacial score (nSPS) is 24.0. The van der Waals surface area contributed by atoms with Gasteiger partial charge >= 0.3 is 0 Å². The van der Waals surface area contributed by atoms with Gasteiger partial charge in [0, 0.05) is 19.7 Å². The van der Waals surface area contributed by atoms with Crippen molar-refractivity contribution >= 4 is 51.7 Å². The van der Waals surface area contributed by atoms with Gasteiger partial charge in [0.25, 0.3) is 11.8 Å². The molecule has 1 aromatic heterocycles. The van der Waals surface area contributed by atoms with Crippen molar-refractivity contribution < 1.29 is 9.59 Å². The van der Waals surface area contributed by atoms with Crippen LogP contribution >= 0.6 is 34.2 Å². The number of hydrogen-bond donors (Lipinski definition) is 2. The number of nitrogens with one attached hydrogen (secondary N) is 2. The van der Waals surface area contributed by atoms with Gasteiger partial charge in [-0.05, 0) is 108 Å². The maximum absolute atomic E-state index is 14.7. The number of aromatic nitrogens is 4. The Morgan fingerprint density at radius 3 is 2.59 bits per heavy atom. The molecule has 9 nitrogen and oxygen atoms in total. The molecule has 3 unspecified atom stereocenters. The molecule has 0 radical (unpaired) electrons. The molecule has 11 heteroatoms. The molecule has 6 rings (SSSR count). The molecule has 1 aliphatic heterocycles. The summed E-state index contributed by atoms with van der Waals surface area (Å²) in [5, 5.41) is 17.2. The monoisotopic (exact) mass is 727 g/mol. The highest BCUT2D eigenvalue weighted by molar-refractivity contribution is 14.1.